The van der Waals surface area contributed by atoms with E-state index in [2.05, 4.69) is 13.5 Å². The van der Waals surface area contributed by atoms with E-state index in [0.29, 0.717) is 12.0 Å². The molecule has 0 bridgehead atoms. The Labute approximate surface area is 80.8 Å². The Morgan fingerprint density at radius 3 is 2.62 bits per heavy atom. The van der Waals surface area contributed by atoms with Gasteiger partial charge in [-0.3, -0.25) is 4.79 Å². The average Bonchev–Trinajstić information content (AvgIpc) is 2.16. The van der Waals surface area contributed by atoms with Crippen molar-refractivity contribution in [3.05, 3.63) is 36.5 Å². The zero-order valence-corrected chi connectivity index (χ0v) is 8.55. The van der Waals surface area contributed by atoms with Gasteiger partial charge in [0.2, 0.25) is 0 Å². The average molecular weight is 178 g/mol. The topological polar surface area (TPSA) is 17.1 Å². The van der Waals surface area contributed by atoms with E-state index in [4.69, 9.17) is 0 Å². The van der Waals surface area contributed by atoms with Gasteiger partial charge in [-0.25, -0.2) is 0 Å². The highest BCUT2D eigenvalue weighted by Crippen LogP contribution is 2.05. The van der Waals surface area contributed by atoms with Gasteiger partial charge < -0.3 is 0 Å². The summed E-state index contributed by atoms with van der Waals surface area (Å²) in [5.74, 6) is 0.190. The van der Waals surface area contributed by atoms with Crippen LogP contribution in [0.5, 0.6) is 0 Å². The third kappa shape index (κ3) is 5.18. The van der Waals surface area contributed by atoms with Crippen LogP contribution >= 0.6 is 0 Å². The quantitative estimate of drug-likeness (QED) is 0.450. The Kier molecular flexibility index (Phi) is 6.89. The molecule has 72 valence electrons. The van der Waals surface area contributed by atoms with Gasteiger partial charge in [0.15, 0.2) is 5.78 Å². The van der Waals surface area contributed by atoms with E-state index in [0.717, 1.165) is 12.8 Å². The van der Waals surface area contributed by atoms with Crippen molar-refractivity contribution in [1.29, 1.82) is 0 Å². The number of unbranched alkanes of at least 4 members (excludes halogenated alkanes) is 1. The lowest BCUT2D eigenvalue weighted by atomic mass is 10.1. The van der Waals surface area contributed by atoms with Gasteiger partial charge in [0, 0.05) is 12.0 Å². The van der Waals surface area contributed by atoms with Crippen LogP contribution in [0.4, 0.5) is 0 Å². The van der Waals surface area contributed by atoms with Crippen LogP contribution in [0, 0.1) is 0 Å². The lowest BCUT2D eigenvalue weighted by Crippen LogP contribution is -1.99. The van der Waals surface area contributed by atoms with E-state index in [1.807, 2.05) is 25.2 Å². The maximum Gasteiger partial charge on any atom is 0.162 e. The summed E-state index contributed by atoms with van der Waals surface area (Å²) in [7, 11) is 0. The number of rotatable bonds is 6. The maximum atomic E-state index is 11.5. The fourth-order valence-electron chi connectivity index (χ4n) is 0.956. The molecule has 0 aromatic rings. The first kappa shape index (κ1) is 11.9. The molecule has 0 radical (unpaired) electrons. The number of Topliss-reactive ketones (excluding diaryl/α,β-unsaturated/α-hetero) is 1. The highest BCUT2D eigenvalue weighted by atomic mass is 16.1. The van der Waals surface area contributed by atoms with Gasteiger partial charge in [-0.2, -0.15) is 0 Å². The second-order valence-electron chi connectivity index (χ2n) is 2.88. The minimum Gasteiger partial charge on any atom is -0.294 e. The molecule has 0 saturated carbocycles. The Balaban J connectivity index is 4.23. The highest BCUT2D eigenvalue weighted by molar-refractivity contribution is 5.98. The number of hydrogen-bond donors (Lipinski definition) is 0. The van der Waals surface area contributed by atoms with Gasteiger partial charge >= 0.3 is 0 Å². The van der Waals surface area contributed by atoms with E-state index in [-0.39, 0.29) is 5.78 Å². The van der Waals surface area contributed by atoms with Crippen LogP contribution in [0.15, 0.2) is 36.5 Å². The Bertz CT molecular complexity index is 221. The van der Waals surface area contributed by atoms with Crippen molar-refractivity contribution >= 4 is 5.78 Å². The predicted octanol–water partition coefficient (Wildman–Crippen LogP) is 3.43. The molecule has 0 aliphatic carbocycles. The van der Waals surface area contributed by atoms with Crippen molar-refractivity contribution in [3.63, 3.8) is 0 Å². The van der Waals surface area contributed by atoms with Crippen LogP contribution in [-0.2, 0) is 4.79 Å². The Morgan fingerprint density at radius 1 is 1.46 bits per heavy atom. The van der Waals surface area contributed by atoms with Crippen LogP contribution in [0.1, 0.15) is 33.1 Å². The van der Waals surface area contributed by atoms with Gasteiger partial charge in [0.05, 0.1) is 0 Å². The maximum absolute atomic E-state index is 11.5. The van der Waals surface area contributed by atoms with Gasteiger partial charge in [0.1, 0.15) is 0 Å². The van der Waals surface area contributed by atoms with E-state index >= 15 is 0 Å². The molecule has 0 heterocycles. The Morgan fingerprint density at radius 2 is 2.15 bits per heavy atom. The van der Waals surface area contributed by atoms with Crippen molar-refractivity contribution < 1.29 is 4.79 Å². The minimum absolute atomic E-state index is 0.190. The molecule has 0 spiro atoms. The predicted molar refractivity (Wildman–Crippen MR) is 57.6 cm³/mol. The highest BCUT2D eigenvalue weighted by Gasteiger charge is 2.03. The summed E-state index contributed by atoms with van der Waals surface area (Å²) in [6.07, 6.45) is 9.84. The molecule has 0 fully saturated rings. The van der Waals surface area contributed by atoms with Gasteiger partial charge in [-0.15, -0.1) is 0 Å². The fourth-order valence-corrected chi connectivity index (χ4v) is 0.956. The van der Waals surface area contributed by atoms with Crippen LogP contribution in [0.2, 0.25) is 0 Å². The van der Waals surface area contributed by atoms with Gasteiger partial charge in [-0.1, -0.05) is 44.2 Å². The van der Waals surface area contributed by atoms with Crippen molar-refractivity contribution in [1.82, 2.24) is 0 Å². The molecule has 0 saturated heterocycles. The second-order valence-corrected chi connectivity index (χ2v) is 2.88. The fraction of sp³-hybridized carbons (Fsp3) is 0.417. The van der Waals surface area contributed by atoms with Gasteiger partial charge in [-0.05, 0) is 13.3 Å². The normalized spacial score (nSPS) is 12.0. The van der Waals surface area contributed by atoms with Crippen molar-refractivity contribution in [2.75, 3.05) is 0 Å². The second kappa shape index (κ2) is 7.53. The van der Waals surface area contributed by atoms with Crippen molar-refractivity contribution in [3.8, 4) is 0 Å². The third-order valence-corrected chi connectivity index (χ3v) is 1.77. The SMILES string of the molecule is C=C/C(=C\C=C/C)C(=O)CCCC. The largest absolute Gasteiger partial charge is 0.294 e. The summed E-state index contributed by atoms with van der Waals surface area (Å²) in [6, 6.07) is 0. The summed E-state index contributed by atoms with van der Waals surface area (Å²) in [4.78, 5) is 11.5. The molecule has 0 aromatic carbocycles. The molecular weight excluding hydrogens is 160 g/mol. The third-order valence-electron chi connectivity index (χ3n) is 1.77. The first-order valence-electron chi connectivity index (χ1n) is 4.74. The van der Waals surface area contributed by atoms with E-state index in [1.165, 1.54) is 0 Å². The lowest BCUT2D eigenvalue weighted by Gasteiger charge is -1.98. The van der Waals surface area contributed by atoms with Crippen LogP contribution in [-0.4, -0.2) is 5.78 Å². The summed E-state index contributed by atoms with van der Waals surface area (Å²) >= 11 is 0. The molecule has 0 aromatic heterocycles. The molecule has 0 unspecified atom stereocenters. The van der Waals surface area contributed by atoms with E-state index < -0.39 is 0 Å². The zero-order chi connectivity index (χ0) is 10.1. The summed E-state index contributed by atoms with van der Waals surface area (Å²) in [5, 5.41) is 0. The first-order chi connectivity index (χ1) is 6.26. The molecule has 0 aliphatic rings. The first-order valence-corrected chi connectivity index (χ1v) is 4.74. The molecule has 0 N–H and O–H groups in total. The van der Waals surface area contributed by atoms with E-state index in [9.17, 15) is 4.79 Å². The van der Waals surface area contributed by atoms with Crippen molar-refractivity contribution in [2.24, 2.45) is 0 Å². The number of carbonyl (C=O) groups excluding carboxylic acids is 1. The number of carbonyl (C=O) groups is 1. The number of ketones is 1. The molecule has 0 rings (SSSR count). The van der Waals surface area contributed by atoms with E-state index in [1.54, 1.807) is 6.08 Å². The minimum atomic E-state index is 0.190. The molecule has 1 heteroatoms. The molecule has 1 nitrogen and oxygen atoms in total. The summed E-state index contributed by atoms with van der Waals surface area (Å²) in [5.41, 5.74) is 0.714. The van der Waals surface area contributed by atoms with Gasteiger partial charge in [0.25, 0.3) is 0 Å². The Hall–Kier alpha value is -1.11. The molecular formula is C12H18O. The van der Waals surface area contributed by atoms with Crippen LogP contribution in [0.3, 0.4) is 0 Å². The summed E-state index contributed by atoms with van der Waals surface area (Å²) < 4.78 is 0. The standard InChI is InChI=1S/C12H18O/c1-4-7-9-11(6-3)12(13)10-8-5-2/h4,6-7,9H,3,5,8,10H2,1-2H3/b7-4-,11-9+. The van der Waals surface area contributed by atoms with Crippen LogP contribution in [0.25, 0.3) is 0 Å². The molecule has 0 atom stereocenters. The number of allylic oxidation sites excluding steroid dienone is 5. The molecule has 0 aliphatic heterocycles. The zero-order valence-electron chi connectivity index (χ0n) is 8.55. The number of hydrogen-bond acceptors (Lipinski definition) is 1. The lowest BCUT2D eigenvalue weighted by molar-refractivity contribution is -0.115. The van der Waals surface area contributed by atoms with Crippen LogP contribution < -0.4 is 0 Å². The monoisotopic (exact) mass is 178 g/mol. The molecule has 13 heavy (non-hydrogen) atoms. The smallest absolute Gasteiger partial charge is 0.162 e. The molecule has 0 amide bonds. The van der Waals surface area contributed by atoms with Crippen molar-refractivity contribution in [2.45, 2.75) is 33.1 Å². The summed E-state index contributed by atoms with van der Waals surface area (Å²) in [6.45, 7) is 7.62.